The molecule has 17 heavy (non-hydrogen) atoms. The molecule has 0 bridgehead atoms. The van der Waals surface area contributed by atoms with E-state index in [9.17, 15) is 0 Å². The second-order valence-corrected chi connectivity index (χ2v) is 3.62. The molecule has 5 nitrogen and oxygen atoms in total. The third-order valence-electron chi connectivity index (χ3n) is 2.13. The van der Waals surface area contributed by atoms with Gasteiger partial charge in [0, 0.05) is 31.0 Å². The molecular formula is C12H21N3O2. The molecule has 0 spiro atoms. The maximum absolute atomic E-state index is 8.54. The molecule has 0 saturated carbocycles. The van der Waals surface area contributed by atoms with E-state index in [1.165, 1.54) is 0 Å². The number of rotatable bonds is 9. The van der Waals surface area contributed by atoms with Crippen molar-refractivity contribution >= 4 is 11.5 Å². The number of pyridine rings is 1. The zero-order valence-corrected chi connectivity index (χ0v) is 10.3. The fourth-order valence-corrected chi connectivity index (χ4v) is 1.32. The third-order valence-corrected chi connectivity index (χ3v) is 2.13. The van der Waals surface area contributed by atoms with Gasteiger partial charge in [0.15, 0.2) is 0 Å². The van der Waals surface area contributed by atoms with E-state index in [0.29, 0.717) is 13.2 Å². The molecule has 0 saturated heterocycles. The van der Waals surface area contributed by atoms with Gasteiger partial charge in [-0.05, 0) is 12.5 Å². The lowest BCUT2D eigenvalue weighted by atomic mass is 10.3. The molecule has 5 heteroatoms. The second kappa shape index (κ2) is 8.78. The summed E-state index contributed by atoms with van der Waals surface area (Å²) in [6.07, 6.45) is 2.85. The van der Waals surface area contributed by atoms with E-state index in [0.717, 1.165) is 31.0 Å². The summed E-state index contributed by atoms with van der Waals surface area (Å²) in [6.45, 7) is 4.81. The van der Waals surface area contributed by atoms with Gasteiger partial charge in [-0.15, -0.1) is 0 Å². The molecule has 96 valence electrons. The lowest BCUT2D eigenvalue weighted by Crippen LogP contribution is -2.11. The van der Waals surface area contributed by atoms with Gasteiger partial charge in [-0.1, -0.05) is 6.92 Å². The zero-order chi connectivity index (χ0) is 12.3. The summed E-state index contributed by atoms with van der Waals surface area (Å²) in [5, 5.41) is 15.0. The fraction of sp³-hybridized carbons (Fsp3) is 0.583. The first-order valence-corrected chi connectivity index (χ1v) is 5.99. The summed E-state index contributed by atoms with van der Waals surface area (Å²) in [7, 11) is 0. The molecule has 0 aliphatic heterocycles. The molecule has 0 atom stereocenters. The highest BCUT2D eigenvalue weighted by Crippen LogP contribution is 2.11. The van der Waals surface area contributed by atoms with Crippen LogP contribution in [-0.4, -0.2) is 43.0 Å². The number of nitrogens with one attached hydrogen (secondary N) is 2. The van der Waals surface area contributed by atoms with E-state index in [2.05, 4.69) is 22.5 Å². The Morgan fingerprint density at radius 2 is 2.18 bits per heavy atom. The number of aliphatic hydroxyl groups excluding tert-OH is 1. The van der Waals surface area contributed by atoms with Crippen LogP contribution in [0, 0.1) is 0 Å². The number of anilines is 2. The standard InChI is InChI=1S/C12H21N3O2/c1-2-4-14-12-10-11(3-5-15-12)13-6-8-17-9-7-16/h3,5,10,16H,2,4,6-9H2,1H3,(H2,13,14,15). The molecule has 3 N–H and O–H groups in total. The normalized spacial score (nSPS) is 10.2. The molecule has 0 aliphatic carbocycles. The Morgan fingerprint density at radius 1 is 1.29 bits per heavy atom. The van der Waals surface area contributed by atoms with Crippen molar-refractivity contribution < 1.29 is 9.84 Å². The van der Waals surface area contributed by atoms with E-state index in [1.807, 2.05) is 12.1 Å². The van der Waals surface area contributed by atoms with E-state index in [4.69, 9.17) is 9.84 Å². The first kappa shape index (κ1) is 13.7. The SMILES string of the molecule is CCCNc1cc(NCCOCCO)ccn1. The van der Waals surface area contributed by atoms with Gasteiger partial charge in [-0.3, -0.25) is 0 Å². The maximum atomic E-state index is 8.54. The van der Waals surface area contributed by atoms with Crippen LogP contribution < -0.4 is 10.6 Å². The van der Waals surface area contributed by atoms with Crippen LogP contribution in [0.15, 0.2) is 18.3 Å². The van der Waals surface area contributed by atoms with Gasteiger partial charge in [0.25, 0.3) is 0 Å². The van der Waals surface area contributed by atoms with Gasteiger partial charge < -0.3 is 20.5 Å². The molecule has 0 amide bonds. The Morgan fingerprint density at radius 3 is 2.94 bits per heavy atom. The van der Waals surface area contributed by atoms with Crippen molar-refractivity contribution in [3.8, 4) is 0 Å². The van der Waals surface area contributed by atoms with Gasteiger partial charge in [0.05, 0.1) is 19.8 Å². The van der Waals surface area contributed by atoms with Crippen molar-refractivity contribution in [3.63, 3.8) is 0 Å². The number of hydrogen-bond donors (Lipinski definition) is 3. The highest BCUT2D eigenvalue weighted by atomic mass is 16.5. The zero-order valence-electron chi connectivity index (χ0n) is 10.3. The van der Waals surface area contributed by atoms with Crippen LogP contribution in [0.5, 0.6) is 0 Å². The van der Waals surface area contributed by atoms with E-state index in [-0.39, 0.29) is 6.61 Å². The van der Waals surface area contributed by atoms with Crippen LogP contribution in [0.2, 0.25) is 0 Å². The lowest BCUT2D eigenvalue weighted by Gasteiger charge is -2.09. The first-order valence-electron chi connectivity index (χ1n) is 5.99. The minimum Gasteiger partial charge on any atom is -0.394 e. The summed E-state index contributed by atoms with van der Waals surface area (Å²) >= 11 is 0. The van der Waals surface area contributed by atoms with Gasteiger partial charge in [-0.2, -0.15) is 0 Å². The van der Waals surface area contributed by atoms with Gasteiger partial charge >= 0.3 is 0 Å². The molecule has 0 radical (unpaired) electrons. The molecule has 1 aromatic heterocycles. The summed E-state index contributed by atoms with van der Waals surface area (Å²) in [5.74, 6) is 0.883. The van der Waals surface area contributed by atoms with Crippen LogP contribution in [0.25, 0.3) is 0 Å². The Bertz CT molecular complexity index is 308. The largest absolute Gasteiger partial charge is 0.394 e. The van der Waals surface area contributed by atoms with Crippen LogP contribution in [-0.2, 0) is 4.74 Å². The predicted octanol–water partition coefficient (Wildman–Crippen LogP) is 1.32. The maximum Gasteiger partial charge on any atom is 0.127 e. The van der Waals surface area contributed by atoms with Gasteiger partial charge in [0.1, 0.15) is 5.82 Å². The van der Waals surface area contributed by atoms with Crippen LogP contribution in [0.3, 0.4) is 0 Å². The monoisotopic (exact) mass is 239 g/mol. The summed E-state index contributed by atoms with van der Waals surface area (Å²) in [4.78, 5) is 4.22. The number of hydrogen-bond acceptors (Lipinski definition) is 5. The van der Waals surface area contributed by atoms with Crippen LogP contribution in [0.1, 0.15) is 13.3 Å². The minimum absolute atomic E-state index is 0.0698. The van der Waals surface area contributed by atoms with Crippen LogP contribution in [0.4, 0.5) is 11.5 Å². The highest BCUT2D eigenvalue weighted by molar-refractivity contribution is 5.51. The average molecular weight is 239 g/mol. The summed E-state index contributed by atoms with van der Waals surface area (Å²) in [6, 6.07) is 3.89. The second-order valence-electron chi connectivity index (χ2n) is 3.62. The van der Waals surface area contributed by atoms with Crippen molar-refractivity contribution in [2.24, 2.45) is 0 Å². The molecule has 1 rings (SSSR count). The number of nitrogens with zero attached hydrogens (tertiary/aromatic N) is 1. The van der Waals surface area contributed by atoms with Crippen LogP contribution >= 0.6 is 0 Å². The lowest BCUT2D eigenvalue weighted by molar-refractivity contribution is 0.0992. The van der Waals surface area contributed by atoms with Gasteiger partial charge in [0.2, 0.25) is 0 Å². The minimum atomic E-state index is 0.0698. The molecule has 0 aromatic carbocycles. The van der Waals surface area contributed by atoms with Crippen molar-refractivity contribution in [2.45, 2.75) is 13.3 Å². The first-order chi connectivity index (χ1) is 8.36. The molecule has 0 unspecified atom stereocenters. The van der Waals surface area contributed by atoms with Gasteiger partial charge in [-0.25, -0.2) is 4.98 Å². The van der Waals surface area contributed by atoms with Crippen molar-refractivity contribution in [2.75, 3.05) is 43.5 Å². The fourth-order valence-electron chi connectivity index (χ4n) is 1.32. The topological polar surface area (TPSA) is 66.4 Å². The average Bonchev–Trinajstić information content (AvgIpc) is 2.37. The summed E-state index contributed by atoms with van der Waals surface area (Å²) in [5.41, 5.74) is 1.02. The highest BCUT2D eigenvalue weighted by Gasteiger charge is 1.95. The number of ether oxygens (including phenoxy) is 1. The number of aliphatic hydroxyl groups is 1. The van der Waals surface area contributed by atoms with Crippen molar-refractivity contribution in [1.82, 2.24) is 4.98 Å². The number of aromatic nitrogens is 1. The van der Waals surface area contributed by atoms with E-state index >= 15 is 0 Å². The van der Waals surface area contributed by atoms with E-state index in [1.54, 1.807) is 6.20 Å². The van der Waals surface area contributed by atoms with E-state index < -0.39 is 0 Å². The Balaban J connectivity index is 2.27. The predicted molar refractivity (Wildman–Crippen MR) is 69.4 cm³/mol. The Kier molecular flexibility index (Phi) is 7.09. The smallest absolute Gasteiger partial charge is 0.127 e. The molecular weight excluding hydrogens is 218 g/mol. The quantitative estimate of drug-likeness (QED) is 0.567. The van der Waals surface area contributed by atoms with Crippen molar-refractivity contribution in [3.05, 3.63) is 18.3 Å². The molecule has 0 fully saturated rings. The molecule has 1 aromatic rings. The molecule has 0 aliphatic rings. The summed E-state index contributed by atoms with van der Waals surface area (Å²) < 4.78 is 5.16. The Labute approximate surface area is 102 Å². The Hall–Kier alpha value is -1.33. The van der Waals surface area contributed by atoms with Crippen molar-refractivity contribution in [1.29, 1.82) is 0 Å². The third kappa shape index (κ3) is 6.09. The molecule has 1 heterocycles.